The van der Waals surface area contributed by atoms with Gasteiger partial charge in [0, 0.05) is 11.3 Å². The predicted molar refractivity (Wildman–Crippen MR) is 132 cm³/mol. The number of nitrogens with zero attached hydrogens (tertiary/aromatic N) is 1. The number of hydrogen-bond acceptors (Lipinski definition) is 5. The van der Waals surface area contributed by atoms with Crippen molar-refractivity contribution < 1.29 is 24.2 Å². The number of aryl methyl sites for hydroxylation is 1. The van der Waals surface area contributed by atoms with Gasteiger partial charge in [-0.1, -0.05) is 35.9 Å². The predicted octanol–water partition coefficient (Wildman–Crippen LogP) is 5.68. The first-order chi connectivity index (χ1) is 16.3. The Morgan fingerprint density at radius 3 is 2.50 bits per heavy atom. The minimum Gasteiger partial charge on any atom is -0.507 e. The molecule has 1 N–H and O–H groups in total. The lowest BCUT2D eigenvalue weighted by atomic mass is 9.94. The molecular weight excluding hydrogens is 454 g/mol. The van der Waals surface area contributed by atoms with Gasteiger partial charge in [-0.2, -0.15) is 0 Å². The van der Waals surface area contributed by atoms with Gasteiger partial charge in [0.25, 0.3) is 11.7 Å². The van der Waals surface area contributed by atoms with Crippen molar-refractivity contribution in [3.8, 4) is 11.5 Å². The number of amides is 1. The highest BCUT2D eigenvalue weighted by Crippen LogP contribution is 2.44. The Labute approximate surface area is 203 Å². The molecule has 1 aliphatic heterocycles. The van der Waals surface area contributed by atoms with Gasteiger partial charge in [0.1, 0.15) is 17.3 Å². The van der Waals surface area contributed by atoms with Crippen LogP contribution in [0.3, 0.4) is 0 Å². The van der Waals surface area contributed by atoms with Crippen LogP contribution in [0.2, 0.25) is 5.02 Å². The molecule has 174 valence electrons. The zero-order chi connectivity index (χ0) is 24.4. The molecule has 0 saturated carbocycles. The fraction of sp³-hybridized carbons (Fsp3) is 0.185. The molecule has 3 aromatic carbocycles. The van der Waals surface area contributed by atoms with E-state index in [0.717, 1.165) is 5.56 Å². The van der Waals surface area contributed by atoms with Crippen molar-refractivity contribution >= 4 is 34.7 Å². The Kier molecular flexibility index (Phi) is 6.61. The third kappa shape index (κ3) is 4.24. The quantitative estimate of drug-likeness (QED) is 0.281. The van der Waals surface area contributed by atoms with Crippen molar-refractivity contribution in [2.24, 2.45) is 0 Å². The molecule has 1 amide bonds. The van der Waals surface area contributed by atoms with E-state index in [1.165, 1.54) is 18.1 Å². The van der Waals surface area contributed by atoms with E-state index >= 15 is 0 Å². The first-order valence-corrected chi connectivity index (χ1v) is 11.2. The van der Waals surface area contributed by atoms with E-state index in [1.54, 1.807) is 42.5 Å². The molecule has 1 atom stereocenters. The van der Waals surface area contributed by atoms with E-state index in [4.69, 9.17) is 21.1 Å². The summed E-state index contributed by atoms with van der Waals surface area (Å²) in [5, 5.41) is 11.6. The molecule has 1 fully saturated rings. The van der Waals surface area contributed by atoms with Crippen molar-refractivity contribution in [2.45, 2.75) is 19.9 Å². The average Bonchev–Trinajstić information content (AvgIpc) is 3.10. The second-order valence-electron chi connectivity index (χ2n) is 7.86. The first kappa shape index (κ1) is 23.4. The summed E-state index contributed by atoms with van der Waals surface area (Å²) in [5.41, 5.74) is 2.23. The molecule has 0 radical (unpaired) electrons. The summed E-state index contributed by atoms with van der Waals surface area (Å²) >= 11 is 6.37. The molecule has 0 spiro atoms. The second kappa shape index (κ2) is 9.61. The average molecular weight is 478 g/mol. The molecule has 34 heavy (non-hydrogen) atoms. The topological polar surface area (TPSA) is 76.1 Å². The molecule has 1 unspecified atom stereocenters. The molecule has 6 nitrogen and oxygen atoms in total. The number of ether oxygens (including phenoxy) is 2. The number of Topliss-reactive ketones (excluding diaryl/α,β-unsaturated/α-hetero) is 1. The smallest absolute Gasteiger partial charge is 0.300 e. The molecular formula is C27H24ClNO5. The van der Waals surface area contributed by atoms with Gasteiger partial charge in [-0.05, 0) is 67.4 Å². The maximum absolute atomic E-state index is 13.3. The summed E-state index contributed by atoms with van der Waals surface area (Å²) in [7, 11) is 1.49. The molecule has 4 rings (SSSR count). The van der Waals surface area contributed by atoms with Crippen LogP contribution in [0.25, 0.3) is 5.76 Å². The van der Waals surface area contributed by atoms with Gasteiger partial charge in [-0.3, -0.25) is 14.5 Å². The highest BCUT2D eigenvalue weighted by atomic mass is 35.5. The van der Waals surface area contributed by atoms with E-state index in [9.17, 15) is 14.7 Å². The normalized spacial score (nSPS) is 17.2. The van der Waals surface area contributed by atoms with Gasteiger partial charge in [0.2, 0.25) is 0 Å². The molecule has 7 heteroatoms. The van der Waals surface area contributed by atoms with Gasteiger partial charge in [0.05, 0.1) is 30.4 Å². The maximum Gasteiger partial charge on any atom is 0.300 e. The molecule has 3 aromatic rings. The SMILES string of the molecule is CCOc1cccc(C2/C(=C(\O)c3cc(OC)ccc3Cl)C(=O)C(=O)N2c2cccc(C)c2)c1. The fourth-order valence-electron chi connectivity index (χ4n) is 4.09. The maximum atomic E-state index is 13.3. The van der Waals surface area contributed by atoms with Crippen LogP contribution in [0, 0.1) is 6.92 Å². The summed E-state index contributed by atoms with van der Waals surface area (Å²) in [5.74, 6) is -0.866. The number of hydrogen-bond donors (Lipinski definition) is 1. The minimum absolute atomic E-state index is 0.0599. The number of carbonyl (C=O) groups excluding carboxylic acids is 2. The van der Waals surface area contributed by atoms with Crippen LogP contribution in [-0.4, -0.2) is 30.5 Å². The van der Waals surface area contributed by atoms with E-state index in [1.807, 2.05) is 32.0 Å². The van der Waals surface area contributed by atoms with Crippen molar-refractivity contribution in [2.75, 3.05) is 18.6 Å². The Morgan fingerprint density at radius 1 is 1.03 bits per heavy atom. The largest absolute Gasteiger partial charge is 0.507 e. The van der Waals surface area contributed by atoms with Crippen LogP contribution in [0.15, 0.2) is 72.3 Å². The summed E-state index contributed by atoms with van der Waals surface area (Å²) in [6.45, 7) is 4.23. The zero-order valence-electron chi connectivity index (χ0n) is 19.0. The van der Waals surface area contributed by atoms with Crippen LogP contribution in [0.1, 0.15) is 29.7 Å². The van der Waals surface area contributed by atoms with Gasteiger partial charge in [0.15, 0.2) is 0 Å². The summed E-state index contributed by atoms with van der Waals surface area (Å²) in [6, 6.07) is 18.3. The van der Waals surface area contributed by atoms with Crippen molar-refractivity contribution in [3.05, 3.63) is 94.0 Å². The van der Waals surface area contributed by atoms with E-state index in [-0.39, 0.29) is 21.9 Å². The van der Waals surface area contributed by atoms with Gasteiger partial charge in [-0.15, -0.1) is 0 Å². The van der Waals surface area contributed by atoms with Crippen molar-refractivity contribution in [1.29, 1.82) is 0 Å². The number of anilines is 1. The Hall–Kier alpha value is -3.77. The molecule has 1 heterocycles. The summed E-state index contributed by atoms with van der Waals surface area (Å²) in [6.07, 6.45) is 0. The zero-order valence-corrected chi connectivity index (χ0v) is 19.8. The Morgan fingerprint density at radius 2 is 1.79 bits per heavy atom. The van der Waals surface area contributed by atoms with E-state index in [0.29, 0.717) is 29.4 Å². The number of aliphatic hydroxyl groups excluding tert-OH is 1. The molecule has 0 aromatic heterocycles. The van der Waals surface area contributed by atoms with Crippen molar-refractivity contribution in [1.82, 2.24) is 0 Å². The summed E-state index contributed by atoms with van der Waals surface area (Å²) in [4.78, 5) is 28.0. The van der Waals surface area contributed by atoms with Crippen molar-refractivity contribution in [3.63, 3.8) is 0 Å². The lowest BCUT2D eigenvalue weighted by molar-refractivity contribution is -0.132. The first-order valence-electron chi connectivity index (χ1n) is 10.8. The standard InChI is InChI=1S/C27H24ClNO5/c1-4-34-20-10-6-8-17(14-20)24-23(25(30)21-15-19(33-3)11-12-22(21)28)26(31)27(32)29(24)18-9-5-7-16(2)13-18/h5-15,24,30H,4H2,1-3H3/b25-23+. The second-order valence-corrected chi connectivity index (χ2v) is 8.27. The highest BCUT2D eigenvalue weighted by molar-refractivity contribution is 6.52. The van der Waals surface area contributed by atoms with Crippen LogP contribution >= 0.6 is 11.6 Å². The molecule has 0 aliphatic carbocycles. The fourth-order valence-corrected chi connectivity index (χ4v) is 4.30. The number of ketones is 1. The van der Waals surface area contributed by atoms with Crippen LogP contribution in [-0.2, 0) is 9.59 Å². The number of carbonyl (C=O) groups is 2. The third-order valence-corrected chi connectivity index (χ3v) is 5.97. The Bertz CT molecular complexity index is 1300. The van der Waals surface area contributed by atoms with E-state index < -0.39 is 17.7 Å². The van der Waals surface area contributed by atoms with Crippen LogP contribution in [0.4, 0.5) is 5.69 Å². The lowest BCUT2D eigenvalue weighted by Gasteiger charge is -2.26. The number of methoxy groups -OCH3 is 1. The number of benzene rings is 3. The highest BCUT2D eigenvalue weighted by Gasteiger charge is 2.47. The van der Waals surface area contributed by atoms with Gasteiger partial charge in [-0.25, -0.2) is 0 Å². The lowest BCUT2D eigenvalue weighted by Crippen LogP contribution is -2.29. The van der Waals surface area contributed by atoms with Crippen LogP contribution < -0.4 is 14.4 Å². The van der Waals surface area contributed by atoms with E-state index in [2.05, 4.69) is 0 Å². The third-order valence-electron chi connectivity index (χ3n) is 5.64. The number of rotatable bonds is 6. The molecule has 1 aliphatic rings. The molecule has 1 saturated heterocycles. The summed E-state index contributed by atoms with van der Waals surface area (Å²) < 4.78 is 10.9. The monoisotopic (exact) mass is 477 g/mol. The number of aliphatic hydroxyl groups is 1. The molecule has 0 bridgehead atoms. The van der Waals surface area contributed by atoms with Crippen LogP contribution in [0.5, 0.6) is 11.5 Å². The minimum atomic E-state index is -0.885. The van der Waals surface area contributed by atoms with Gasteiger partial charge < -0.3 is 14.6 Å². The number of halogens is 1. The Balaban J connectivity index is 1.98. The van der Waals surface area contributed by atoms with Gasteiger partial charge >= 0.3 is 0 Å².